The van der Waals surface area contributed by atoms with E-state index >= 15 is 0 Å². The first kappa shape index (κ1) is 14.9. The third-order valence-corrected chi connectivity index (χ3v) is 4.19. The minimum Gasteiger partial charge on any atom is -0.329 e. The summed E-state index contributed by atoms with van der Waals surface area (Å²) in [6.45, 7) is 4.97. The quantitative estimate of drug-likeness (QED) is 0.829. The van der Waals surface area contributed by atoms with Crippen LogP contribution in [0.4, 0.5) is 5.82 Å². The van der Waals surface area contributed by atoms with E-state index in [9.17, 15) is 0 Å². The van der Waals surface area contributed by atoms with Crippen molar-refractivity contribution in [2.45, 2.75) is 13.3 Å². The number of nitrogens with zero attached hydrogens (tertiary/aromatic N) is 3. The van der Waals surface area contributed by atoms with Crippen LogP contribution in [0.15, 0.2) is 53.7 Å². The summed E-state index contributed by atoms with van der Waals surface area (Å²) < 4.78 is 0. The lowest BCUT2D eigenvalue weighted by atomic mass is 10.2. The van der Waals surface area contributed by atoms with Crippen LogP contribution in [0.2, 0.25) is 0 Å². The zero-order valence-corrected chi connectivity index (χ0v) is 13.5. The molecule has 1 aliphatic heterocycles. The summed E-state index contributed by atoms with van der Waals surface area (Å²) in [5.74, 6) is 0.963. The van der Waals surface area contributed by atoms with Gasteiger partial charge in [-0.05, 0) is 30.7 Å². The Balaban J connectivity index is 1.76. The van der Waals surface area contributed by atoms with E-state index in [0.717, 1.165) is 42.6 Å². The van der Waals surface area contributed by atoms with E-state index in [1.807, 2.05) is 29.8 Å². The summed E-state index contributed by atoms with van der Waals surface area (Å²) in [7, 11) is 0. The first-order valence-corrected chi connectivity index (χ1v) is 8.46. The molecular formula is C17H20N4S. The molecule has 0 atom stereocenters. The van der Waals surface area contributed by atoms with Crippen molar-refractivity contribution in [3.8, 4) is 10.7 Å². The summed E-state index contributed by atoms with van der Waals surface area (Å²) in [5.41, 5.74) is 2.21. The number of hydrogen-bond donors (Lipinski definition) is 1. The molecule has 4 nitrogen and oxygen atoms in total. The Morgan fingerprint density at radius 3 is 3.14 bits per heavy atom. The van der Waals surface area contributed by atoms with E-state index in [4.69, 9.17) is 4.98 Å². The maximum absolute atomic E-state index is 4.74. The maximum Gasteiger partial charge on any atom is 0.141 e. The minimum absolute atomic E-state index is 0.853. The molecule has 0 unspecified atom stereocenters. The molecule has 3 rings (SSSR count). The first-order valence-electron chi connectivity index (χ1n) is 7.58. The zero-order valence-electron chi connectivity index (χ0n) is 12.7. The molecule has 0 amide bonds. The van der Waals surface area contributed by atoms with Gasteiger partial charge in [-0.2, -0.15) is 0 Å². The summed E-state index contributed by atoms with van der Waals surface area (Å²) in [6.07, 6.45) is 9.51. The highest BCUT2D eigenvalue weighted by molar-refractivity contribution is 7.13. The molecule has 0 radical (unpaired) electrons. The van der Waals surface area contributed by atoms with E-state index in [1.165, 1.54) is 5.57 Å². The second-order valence-corrected chi connectivity index (χ2v) is 6.05. The average Bonchev–Trinajstić information content (AvgIpc) is 3.10. The highest BCUT2D eigenvalue weighted by atomic mass is 32.1. The van der Waals surface area contributed by atoms with Crippen molar-refractivity contribution in [3.05, 3.63) is 53.7 Å². The molecule has 0 bridgehead atoms. The van der Waals surface area contributed by atoms with E-state index in [0.29, 0.717) is 0 Å². The van der Waals surface area contributed by atoms with Gasteiger partial charge in [0.1, 0.15) is 16.5 Å². The fourth-order valence-electron chi connectivity index (χ4n) is 2.34. The van der Waals surface area contributed by atoms with Crippen molar-refractivity contribution in [1.82, 2.24) is 15.3 Å². The Morgan fingerprint density at radius 1 is 1.36 bits per heavy atom. The van der Waals surface area contributed by atoms with Crippen molar-refractivity contribution < 1.29 is 0 Å². The summed E-state index contributed by atoms with van der Waals surface area (Å²) in [5, 5.41) is 6.37. The van der Waals surface area contributed by atoms with E-state index < -0.39 is 0 Å². The second kappa shape index (κ2) is 7.33. The molecule has 22 heavy (non-hydrogen) atoms. The summed E-state index contributed by atoms with van der Waals surface area (Å²) >= 11 is 1.61. The van der Waals surface area contributed by atoms with Crippen molar-refractivity contribution in [1.29, 1.82) is 0 Å². The van der Waals surface area contributed by atoms with Gasteiger partial charge in [0.25, 0.3) is 0 Å². The molecule has 0 saturated carbocycles. The average molecular weight is 312 g/mol. The predicted molar refractivity (Wildman–Crippen MR) is 93.1 cm³/mol. The van der Waals surface area contributed by atoms with Crippen LogP contribution in [0, 0.1) is 0 Å². The normalized spacial score (nSPS) is 14.2. The third kappa shape index (κ3) is 3.61. The number of rotatable bonds is 6. The van der Waals surface area contributed by atoms with Gasteiger partial charge in [-0.3, -0.25) is 0 Å². The SMILES string of the molecule is CCCNCC1=CN(c2cccc(-c3nccs3)n2)CC=C1. The van der Waals surface area contributed by atoms with Gasteiger partial charge in [0, 0.05) is 30.9 Å². The number of thiazole rings is 1. The van der Waals surface area contributed by atoms with Crippen molar-refractivity contribution >= 4 is 17.2 Å². The van der Waals surface area contributed by atoms with Gasteiger partial charge in [0.2, 0.25) is 0 Å². The van der Waals surface area contributed by atoms with Crippen LogP contribution in [0.3, 0.4) is 0 Å². The van der Waals surface area contributed by atoms with Gasteiger partial charge in [0.15, 0.2) is 0 Å². The van der Waals surface area contributed by atoms with Crippen LogP contribution >= 0.6 is 11.3 Å². The highest BCUT2D eigenvalue weighted by Crippen LogP contribution is 2.23. The lowest BCUT2D eigenvalue weighted by Gasteiger charge is -2.23. The fourth-order valence-corrected chi connectivity index (χ4v) is 2.95. The number of pyridine rings is 1. The first-order chi connectivity index (χ1) is 10.9. The molecule has 1 aliphatic rings. The number of anilines is 1. The summed E-state index contributed by atoms with van der Waals surface area (Å²) in [6, 6.07) is 6.10. The number of nitrogens with one attached hydrogen (secondary N) is 1. The van der Waals surface area contributed by atoms with Crippen LogP contribution in [0.25, 0.3) is 10.7 Å². The molecule has 114 valence electrons. The van der Waals surface area contributed by atoms with Crippen molar-refractivity contribution in [3.63, 3.8) is 0 Å². The Morgan fingerprint density at radius 2 is 2.32 bits per heavy atom. The topological polar surface area (TPSA) is 41.0 Å². The lowest BCUT2D eigenvalue weighted by molar-refractivity contribution is 0.716. The van der Waals surface area contributed by atoms with Crippen LogP contribution < -0.4 is 10.2 Å². The van der Waals surface area contributed by atoms with E-state index in [-0.39, 0.29) is 0 Å². The molecular weight excluding hydrogens is 292 g/mol. The standard InChI is InChI=1S/C17H20N4S/c1-2-8-18-12-14-5-4-10-21(13-14)16-7-3-6-15(20-16)17-19-9-11-22-17/h3-7,9,11,13,18H,2,8,10,12H2,1H3. The number of hydrogen-bond acceptors (Lipinski definition) is 5. The van der Waals surface area contributed by atoms with Crippen molar-refractivity contribution in [2.75, 3.05) is 24.5 Å². The van der Waals surface area contributed by atoms with Crippen LogP contribution in [0.5, 0.6) is 0 Å². The molecule has 0 fully saturated rings. The van der Waals surface area contributed by atoms with E-state index in [1.54, 1.807) is 11.3 Å². The van der Waals surface area contributed by atoms with Crippen LogP contribution in [0.1, 0.15) is 13.3 Å². The molecule has 2 aromatic heterocycles. The molecule has 1 N–H and O–H groups in total. The molecule has 3 heterocycles. The summed E-state index contributed by atoms with van der Waals surface area (Å²) in [4.78, 5) is 11.3. The van der Waals surface area contributed by atoms with Gasteiger partial charge >= 0.3 is 0 Å². The van der Waals surface area contributed by atoms with Gasteiger partial charge in [0.05, 0.1) is 0 Å². The molecule has 0 aliphatic carbocycles. The monoisotopic (exact) mass is 312 g/mol. The number of aromatic nitrogens is 2. The molecule has 0 spiro atoms. The van der Waals surface area contributed by atoms with Gasteiger partial charge < -0.3 is 10.2 Å². The molecule has 5 heteroatoms. The molecule has 0 saturated heterocycles. The van der Waals surface area contributed by atoms with Gasteiger partial charge in [-0.25, -0.2) is 9.97 Å². The predicted octanol–water partition coefficient (Wildman–Crippen LogP) is 3.46. The maximum atomic E-state index is 4.74. The Labute approximate surface area is 135 Å². The third-order valence-electron chi connectivity index (χ3n) is 3.39. The minimum atomic E-state index is 0.853. The van der Waals surface area contributed by atoms with Crippen molar-refractivity contribution in [2.24, 2.45) is 0 Å². The Bertz CT molecular complexity index is 661. The molecule has 2 aromatic rings. The Kier molecular flexibility index (Phi) is 4.98. The largest absolute Gasteiger partial charge is 0.329 e. The molecule has 0 aromatic carbocycles. The fraction of sp³-hybridized carbons (Fsp3) is 0.294. The van der Waals surface area contributed by atoms with Gasteiger partial charge in [-0.15, -0.1) is 11.3 Å². The second-order valence-electron chi connectivity index (χ2n) is 5.15. The van der Waals surface area contributed by atoms with Crippen LogP contribution in [-0.4, -0.2) is 29.6 Å². The smallest absolute Gasteiger partial charge is 0.141 e. The van der Waals surface area contributed by atoms with E-state index in [2.05, 4.69) is 40.5 Å². The lowest BCUT2D eigenvalue weighted by Crippen LogP contribution is -2.24. The zero-order chi connectivity index (χ0) is 15.2. The van der Waals surface area contributed by atoms with Crippen LogP contribution in [-0.2, 0) is 0 Å². The Hall–Kier alpha value is -1.98. The van der Waals surface area contributed by atoms with Gasteiger partial charge in [-0.1, -0.05) is 25.1 Å². The highest BCUT2D eigenvalue weighted by Gasteiger charge is 2.10.